The van der Waals surface area contributed by atoms with Crippen molar-refractivity contribution in [2.45, 2.75) is 33.6 Å². The van der Waals surface area contributed by atoms with Crippen molar-refractivity contribution in [3.05, 3.63) is 35.0 Å². The van der Waals surface area contributed by atoms with Crippen molar-refractivity contribution in [2.24, 2.45) is 0 Å². The Morgan fingerprint density at radius 1 is 1.18 bits per heavy atom. The van der Waals surface area contributed by atoms with E-state index in [-0.39, 0.29) is 0 Å². The van der Waals surface area contributed by atoms with E-state index in [1.165, 1.54) is 0 Å². The van der Waals surface area contributed by atoms with Crippen LogP contribution in [0.25, 0.3) is 0 Å². The van der Waals surface area contributed by atoms with E-state index in [1.807, 2.05) is 25.1 Å². The lowest BCUT2D eigenvalue weighted by Gasteiger charge is -2.22. The summed E-state index contributed by atoms with van der Waals surface area (Å²) in [5.41, 5.74) is 1.97. The van der Waals surface area contributed by atoms with E-state index in [9.17, 15) is 0 Å². The Morgan fingerprint density at radius 2 is 1.91 bits per heavy atom. The average Bonchev–Trinajstić information content (AvgIpc) is 2.50. The molecule has 22 heavy (non-hydrogen) atoms. The number of anilines is 3. The smallest absolute Gasteiger partial charge is 0.249 e. The molecule has 0 fully saturated rings. The summed E-state index contributed by atoms with van der Waals surface area (Å²) in [6.07, 6.45) is 3.86. The van der Waals surface area contributed by atoms with Crippen LogP contribution in [0.3, 0.4) is 0 Å². The third-order valence-corrected chi connectivity index (χ3v) is 3.53. The first kappa shape index (κ1) is 16.5. The minimum Gasteiger partial charge on any atom is -0.355 e. The molecule has 0 unspecified atom stereocenters. The van der Waals surface area contributed by atoms with Gasteiger partial charge in [0.25, 0.3) is 0 Å². The van der Waals surface area contributed by atoms with Crippen molar-refractivity contribution in [3.63, 3.8) is 0 Å². The third kappa shape index (κ3) is 4.31. The zero-order chi connectivity index (χ0) is 15.9. The number of nitrogens with zero attached hydrogens (tertiary/aromatic N) is 4. The molecular weight excluding hydrogens is 298 g/mol. The summed E-state index contributed by atoms with van der Waals surface area (Å²) in [6, 6.07) is 5.67. The lowest BCUT2D eigenvalue weighted by Crippen LogP contribution is -2.26. The summed E-state index contributed by atoms with van der Waals surface area (Å²) < 4.78 is 0. The van der Waals surface area contributed by atoms with Gasteiger partial charge in [-0.05, 0) is 43.5 Å². The SMILES string of the molecule is CCCN(CCC)c1cnnc(Nc2ccc(Cl)cc2C)n1. The predicted octanol–water partition coefficient (Wildman–Crippen LogP) is 4.20. The molecule has 1 heterocycles. The second-order valence-corrected chi connectivity index (χ2v) is 5.65. The van der Waals surface area contributed by atoms with Crippen molar-refractivity contribution < 1.29 is 0 Å². The van der Waals surface area contributed by atoms with Crippen molar-refractivity contribution in [1.29, 1.82) is 0 Å². The summed E-state index contributed by atoms with van der Waals surface area (Å²) in [5.74, 6) is 1.35. The van der Waals surface area contributed by atoms with Crippen molar-refractivity contribution in [1.82, 2.24) is 15.2 Å². The number of aryl methyl sites for hydroxylation is 1. The summed E-state index contributed by atoms with van der Waals surface area (Å²) in [4.78, 5) is 6.81. The van der Waals surface area contributed by atoms with Crippen molar-refractivity contribution in [2.75, 3.05) is 23.3 Å². The highest BCUT2D eigenvalue weighted by molar-refractivity contribution is 6.30. The van der Waals surface area contributed by atoms with Crippen molar-refractivity contribution >= 4 is 29.1 Å². The van der Waals surface area contributed by atoms with E-state index in [1.54, 1.807) is 6.20 Å². The first-order valence-electron chi connectivity index (χ1n) is 7.61. The molecule has 0 radical (unpaired) electrons. The van der Waals surface area contributed by atoms with E-state index in [0.29, 0.717) is 11.0 Å². The lowest BCUT2D eigenvalue weighted by atomic mass is 10.2. The fraction of sp³-hybridized carbons (Fsp3) is 0.438. The Hall–Kier alpha value is -1.88. The second kappa shape index (κ2) is 7.94. The second-order valence-electron chi connectivity index (χ2n) is 5.21. The minimum atomic E-state index is 0.500. The molecule has 5 nitrogen and oxygen atoms in total. The summed E-state index contributed by atoms with van der Waals surface area (Å²) in [7, 11) is 0. The van der Waals surface area contributed by atoms with Gasteiger partial charge in [-0.25, -0.2) is 0 Å². The molecule has 0 spiro atoms. The molecule has 2 aromatic rings. The van der Waals surface area contributed by atoms with Gasteiger partial charge in [-0.2, -0.15) is 10.1 Å². The van der Waals surface area contributed by atoms with Gasteiger partial charge in [0.2, 0.25) is 5.95 Å². The van der Waals surface area contributed by atoms with Crippen LogP contribution in [0.1, 0.15) is 32.3 Å². The summed E-state index contributed by atoms with van der Waals surface area (Å²) in [5, 5.41) is 12.1. The molecule has 0 aliphatic carbocycles. The van der Waals surface area contributed by atoms with Gasteiger partial charge in [-0.3, -0.25) is 0 Å². The maximum Gasteiger partial charge on any atom is 0.249 e. The number of hydrogen-bond acceptors (Lipinski definition) is 5. The highest BCUT2D eigenvalue weighted by Crippen LogP contribution is 2.22. The van der Waals surface area contributed by atoms with E-state index in [2.05, 4.69) is 39.2 Å². The number of hydrogen-bond donors (Lipinski definition) is 1. The summed E-state index contributed by atoms with van der Waals surface area (Å²) in [6.45, 7) is 8.24. The number of benzene rings is 1. The lowest BCUT2D eigenvalue weighted by molar-refractivity contribution is 0.728. The van der Waals surface area contributed by atoms with Crippen LogP contribution >= 0.6 is 11.6 Å². The number of halogens is 1. The van der Waals surface area contributed by atoms with E-state index in [4.69, 9.17) is 11.6 Å². The molecule has 0 saturated carbocycles. The molecule has 0 aliphatic heterocycles. The normalized spacial score (nSPS) is 10.5. The van der Waals surface area contributed by atoms with Gasteiger partial charge in [0.1, 0.15) is 0 Å². The minimum absolute atomic E-state index is 0.500. The van der Waals surface area contributed by atoms with Gasteiger partial charge >= 0.3 is 0 Å². The Kier molecular flexibility index (Phi) is 5.95. The standard InChI is InChI=1S/C16H22ClN5/c1-4-8-22(9-5-2)15-11-18-21-16(20-15)19-14-7-6-13(17)10-12(14)3/h6-7,10-11H,4-5,8-9H2,1-3H3,(H,19,20,21). The number of aromatic nitrogens is 3. The topological polar surface area (TPSA) is 53.9 Å². The van der Waals surface area contributed by atoms with Crippen LogP contribution in [0.4, 0.5) is 17.5 Å². The molecule has 0 bridgehead atoms. The van der Waals surface area contributed by atoms with Gasteiger partial charge in [0.15, 0.2) is 5.82 Å². The maximum atomic E-state index is 5.98. The molecule has 1 aromatic carbocycles. The van der Waals surface area contributed by atoms with Gasteiger partial charge < -0.3 is 10.2 Å². The fourth-order valence-corrected chi connectivity index (χ4v) is 2.50. The van der Waals surface area contributed by atoms with E-state index in [0.717, 1.165) is 43.0 Å². The number of nitrogens with one attached hydrogen (secondary N) is 1. The van der Waals surface area contributed by atoms with Gasteiger partial charge in [0.05, 0.1) is 6.20 Å². The molecule has 0 atom stereocenters. The van der Waals surface area contributed by atoms with Crippen LogP contribution in [0.15, 0.2) is 24.4 Å². The predicted molar refractivity (Wildman–Crippen MR) is 92.1 cm³/mol. The average molecular weight is 320 g/mol. The molecule has 0 amide bonds. The van der Waals surface area contributed by atoms with Gasteiger partial charge in [-0.1, -0.05) is 25.4 Å². The summed E-state index contributed by atoms with van der Waals surface area (Å²) >= 11 is 5.98. The zero-order valence-corrected chi connectivity index (χ0v) is 14.1. The molecule has 0 aliphatic rings. The van der Waals surface area contributed by atoms with Crippen LogP contribution in [0, 0.1) is 6.92 Å². The zero-order valence-electron chi connectivity index (χ0n) is 13.3. The maximum absolute atomic E-state index is 5.98. The highest BCUT2D eigenvalue weighted by Gasteiger charge is 2.09. The molecule has 1 N–H and O–H groups in total. The van der Waals surface area contributed by atoms with Gasteiger partial charge in [-0.15, -0.1) is 5.10 Å². The molecule has 118 valence electrons. The van der Waals surface area contributed by atoms with Crippen molar-refractivity contribution in [3.8, 4) is 0 Å². The molecular formula is C16H22ClN5. The molecule has 1 aromatic heterocycles. The Labute approximate surface area is 136 Å². The van der Waals surface area contributed by atoms with E-state index < -0.39 is 0 Å². The quantitative estimate of drug-likeness (QED) is 0.828. The van der Waals surface area contributed by atoms with Crippen LogP contribution < -0.4 is 10.2 Å². The van der Waals surface area contributed by atoms with Crippen LogP contribution in [-0.2, 0) is 0 Å². The molecule has 2 rings (SSSR count). The molecule has 6 heteroatoms. The number of rotatable bonds is 7. The monoisotopic (exact) mass is 319 g/mol. The van der Waals surface area contributed by atoms with E-state index >= 15 is 0 Å². The Morgan fingerprint density at radius 3 is 2.55 bits per heavy atom. The fourth-order valence-electron chi connectivity index (χ4n) is 2.27. The Balaban J connectivity index is 2.20. The molecule has 0 saturated heterocycles. The third-order valence-electron chi connectivity index (χ3n) is 3.29. The Bertz CT molecular complexity index is 611. The first-order valence-corrected chi connectivity index (χ1v) is 7.99. The van der Waals surface area contributed by atoms with Crippen LogP contribution in [-0.4, -0.2) is 28.3 Å². The first-order chi connectivity index (χ1) is 10.6. The van der Waals surface area contributed by atoms with Crippen LogP contribution in [0.5, 0.6) is 0 Å². The highest BCUT2D eigenvalue weighted by atomic mass is 35.5. The van der Waals surface area contributed by atoms with Crippen LogP contribution in [0.2, 0.25) is 5.02 Å². The van der Waals surface area contributed by atoms with Gasteiger partial charge in [0, 0.05) is 23.8 Å². The largest absolute Gasteiger partial charge is 0.355 e.